The zero-order valence-electron chi connectivity index (χ0n) is 9.90. The fraction of sp³-hybridized carbons (Fsp3) is 0.308. The molecular formula is C13H15N3OS. The zero-order chi connectivity index (χ0) is 12.4. The third-order valence-corrected chi connectivity index (χ3v) is 3.94. The molecule has 0 aliphatic carbocycles. The molecule has 1 aliphatic rings. The molecule has 5 heteroatoms. The summed E-state index contributed by atoms with van der Waals surface area (Å²) in [5.41, 5.74) is 3.58. The standard InChI is InChI=1S/C13H15N3OS/c17-13-16-10(8-18-13)7-14-5-9-6-15-12-4-2-1-3-11(9)12/h1-4,8-9,14-15H,5-7H2,(H,16,17). The second-order valence-corrected chi connectivity index (χ2v) is 5.31. The highest BCUT2D eigenvalue weighted by molar-refractivity contribution is 7.07. The summed E-state index contributed by atoms with van der Waals surface area (Å²) >= 11 is 1.21. The van der Waals surface area contributed by atoms with Gasteiger partial charge in [0, 0.05) is 42.3 Å². The van der Waals surface area contributed by atoms with E-state index in [1.807, 2.05) is 5.38 Å². The summed E-state index contributed by atoms with van der Waals surface area (Å²) < 4.78 is 0. The van der Waals surface area contributed by atoms with Crippen LogP contribution in [0, 0.1) is 0 Å². The van der Waals surface area contributed by atoms with Crippen LogP contribution in [0.2, 0.25) is 0 Å². The number of fused-ring (bicyclic) bond motifs is 1. The maximum atomic E-state index is 11.0. The molecule has 1 unspecified atom stereocenters. The highest BCUT2D eigenvalue weighted by Gasteiger charge is 2.20. The normalized spacial score (nSPS) is 17.4. The van der Waals surface area contributed by atoms with Gasteiger partial charge in [0.2, 0.25) is 0 Å². The Morgan fingerprint density at radius 3 is 3.11 bits per heavy atom. The van der Waals surface area contributed by atoms with Crippen molar-refractivity contribution in [1.82, 2.24) is 10.3 Å². The van der Waals surface area contributed by atoms with Gasteiger partial charge in [0.25, 0.3) is 0 Å². The fourth-order valence-corrected chi connectivity index (χ4v) is 2.90. The van der Waals surface area contributed by atoms with Crippen LogP contribution in [-0.4, -0.2) is 18.1 Å². The summed E-state index contributed by atoms with van der Waals surface area (Å²) in [5, 5.41) is 8.67. The Hall–Kier alpha value is -1.59. The largest absolute Gasteiger partial charge is 0.384 e. The number of thiazole rings is 1. The molecule has 0 saturated heterocycles. The van der Waals surface area contributed by atoms with Gasteiger partial charge in [-0.25, -0.2) is 0 Å². The summed E-state index contributed by atoms with van der Waals surface area (Å²) in [6, 6.07) is 8.42. The first-order valence-corrected chi connectivity index (χ1v) is 6.91. The highest BCUT2D eigenvalue weighted by atomic mass is 32.1. The van der Waals surface area contributed by atoms with Gasteiger partial charge in [-0.1, -0.05) is 29.5 Å². The lowest BCUT2D eigenvalue weighted by Crippen LogP contribution is -2.22. The predicted molar refractivity (Wildman–Crippen MR) is 74.3 cm³/mol. The molecule has 94 valence electrons. The van der Waals surface area contributed by atoms with Crippen LogP contribution in [0.4, 0.5) is 5.69 Å². The van der Waals surface area contributed by atoms with E-state index < -0.39 is 0 Å². The van der Waals surface area contributed by atoms with Gasteiger partial charge >= 0.3 is 4.87 Å². The van der Waals surface area contributed by atoms with Gasteiger partial charge in [-0.2, -0.15) is 0 Å². The first-order valence-electron chi connectivity index (χ1n) is 6.03. The molecule has 4 nitrogen and oxygen atoms in total. The lowest BCUT2D eigenvalue weighted by Gasteiger charge is -2.10. The Morgan fingerprint density at radius 2 is 2.28 bits per heavy atom. The molecule has 1 atom stereocenters. The molecule has 0 bridgehead atoms. The van der Waals surface area contributed by atoms with Gasteiger partial charge in [0.1, 0.15) is 0 Å². The van der Waals surface area contributed by atoms with Gasteiger partial charge in [0.15, 0.2) is 0 Å². The topological polar surface area (TPSA) is 56.9 Å². The Labute approximate surface area is 109 Å². The van der Waals surface area contributed by atoms with Crippen molar-refractivity contribution < 1.29 is 0 Å². The van der Waals surface area contributed by atoms with Crippen LogP contribution in [0.15, 0.2) is 34.4 Å². The number of aromatic nitrogens is 1. The molecular weight excluding hydrogens is 246 g/mol. The molecule has 18 heavy (non-hydrogen) atoms. The minimum Gasteiger partial charge on any atom is -0.384 e. The number of hydrogen-bond acceptors (Lipinski definition) is 4. The number of rotatable bonds is 4. The summed E-state index contributed by atoms with van der Waals surface area (Å²) in [6.45, 7) is 2.62. The van der Waals surface area contributed by atoms with Gasteiger partial charge < -0.3 is 15.6 Å². The number of aromatic amines is 1. The van der Waals surface area contributed by atoms with Crippen molar-refractivity contribution in [2.75, 3.05) is 18.4 Å². The van der Waals surface area contributed by atoms with E-state index in [1.165, 1.54) is 22.6 Å². The molecule has 1 aromatic carbocycles. The van der Waals surface area contributed by atoms with Crippen LogP contribution in [0.25, 0.3) is 0 Å². The van der Waals surface area contributed by atoms with Crippen molar-refractivity contribution in [3.8, 4) is 0 Å². The van der Waals surface area contributed by atoms with Crippen molar-refractivity contribution in [3.05, 3.63) is 50.6 Å². The maximum Gasteiger partial charge on any atom is 0.304 e. The molecule has 0 saturated carbocycles. The van der Waals surface area contributed by atoms with E-state index in [9.17, 15) is 4.79 Å². The number of nitrogens with one attached hydrogen (secondary N) is 3. The molecule has 2 aromatic rings. The van der Waals surface area contributed by atoms with Crippen LogP contribution >= 0.6 is 11.3 Å². The smallest absolute Gasteiger partial charge is 0.304 e. The fourth-order valence-electron chi connectivity index (χ4n) is 2.32. The van der Waals surface area contributed by atoms with Crippen molar-refractivity contribution in [1.29, 1.82) is 0 Å². The van der Waals surface area contributed by atoms with Crippen LogP contribution in [-0.2, 0) is 6.54 Å². The molecule has 3 rings (SSSR count). The number of benzene rings is 1. The van der Waals surface area contributed by atoms with Crippen molar-refractivity contribution in [2.24, 2.45) is 0 Å². The maximum absolute atomic E-state index is 11.0. The lowest BCUT2D eigenvalue weighted by molar-refractivity contribution is 0.607. The van der Waals surface area contributed by atoms with Gasteiger partial charge in [0.05, 0.1) is 0 Å². The molecule has 1 aromatic heterocycles. The Morgan fingerprint density at radius 1 is 1.39 bits per heavy atom. The van der Waals surface area contributed by atoms with Crippen LogP contribution in [0.3, 0.4) is 0 Å². The summed E-state index contributed by atoms with van der Waals surface area (Å²) in [6.07, 6.45) is 0. The van der Waals surface area contributed by atoms with Gasteiger partial charge in [-0.15, -0.1) is 0 Å². The van der Waals surface area contributed by atoms with Crippen molar-refractivity contribution in [2.45, 2.75) is 12.5 Å². The molecule has 0 fully saturated rings. The zero-order valence-corrected chi connectivity index (χ0v) is 10.7. The lowest BCUT2D eigenvalue weighted by atomic mass is 10.0. The molecule has 0 amide bonds. The molecule has 0 spiro atoms. The van der Waals surface area contributed by atoms with Crippen LogP contribution < -0.4 is 15.5 Å². The highest BCUT2D eigenvalue weighted by Crippen LogP contribution is 2.30. The van der Waals surface area contributed by atoms with E-state index in [2.05, 4.69) is 39.9 Å². The third-order valence-electron chi connectivity index (χ3n) is 3.22. The number of para-hydroxylation sites is 1. The van der Waals surface area contributed by atoms with E-state index in [0.29, 0.717) is 5.92 Å². The molecule has 2 heterocycles. The summed E-state index contributed by atoms with van der Waals surface area (Å²) in [5.74, 6) is 0.506. The first kappa shape index (κ1) is 11.5. The minimum atomic E-state index is 0.0136. The number of H-pyrrole nitrogens is 1. The predicted octanol–water partition coefficient (Wildman–Crippen LogP) is 1.74. The Bertz CT molecular complexity index is 590. The second kappa shape index (κ2) is 4.96. The summed E-state index contributed by atoms with van der Waals surface area (Å²) in [4.78, 5) is 13.8. The molecule has 1 aliphatic heterocycles. The minimum absolute atomic E-state index is 0.0136. The number of anilines is 1. The van der Waals surface area contributed by atoms with Crippen LogP contribution in [0.1, 0.15) is 17.2 Å². The van der Waals surface area contributed by atoms with Gasteiger partial charge in [-0.05, 0) is 11.6 Å². The molecule has 0 radical (unpaired) electrons. The van der Waals surface area contributed by atoms with E-state index in [-0.39, 0.29) is 4.87 Å². The molecule has 3 N–H and O–H groups in total. The first-order chi connectivity index (χ1) is 8.83. The van der Waals surface area contributed by atoms with E-state index in [0.717, 1.165) is 25.3 Å². The average Bonchev–Trinajstić information content (AvgIpc) is 2.97. The van der Waals surface area contributed by atoms with Gasteiger partial charge in [-0.3, -0.25) is 4.79 Å². The van der Waals surface area contributed by atoms with E-state index >= 15 is 0 Å². The number of hydrogen-bond donors (Lipinski definition) is 3. The Balaban J connectivity index is 1.57. The summed E-state index contributed by atoms with van der Waals surface area (Å²) in [7, 11) is 0. The average molecular weight is 261 g/mol. The quantitative estimate of drug-likeness (QED) is 0.785. The van der Waals surface area contributed by atoms with Crippen molar-refractivity contribution >= 4 is 17.0 Å². The SMILES string of the molecule is O=c1[nH]c(CNCC2CNc3ccccc32)cs1. The van der Waals surface area contributed by atoms with E-state index in [1.54, 1.807) is 0 Å². The Kier molecular flexibility index (Phi) is 3.17. The monoisotopic (exact) mass is 261 g/mol. The van der Waals surface area contributed by atoms with Crippen molar-refractivity contribution in [3.63, 3.8) is 0 Å². The second-order valence-electron chi connectivity index (χ2n) is 4.47. The van der Waals surface area contributed by atoms with Crippen LogP contribution in [0.5, 0.6) is 0 Å². The van der Waals surface area contributed by atoms with E-state index in [4.69, 9.17) is 0 Å². The third kappa shape index (κ3) is 2.32.